The van der Waals surface area contributed by atoms with Crippen molar-refractivity contribution in [2.45, 2.75) is 39.0 Å². The summed E-state index contributed by atoms with van der Waals surface area (Å²) >= 11 is 0. The minimum atomic E-state index is -0.344. The van der Waals surface area contributed by atoms with Gasteiger partial charge in [-0.3, -0.25) is 9.79 Å². The highest BCUT2D eigenvalue weighted by molar-refractivity contribution is 5.84. The lowest BCUT2D eigenvalue weighted by Gasteiger charge is -2.29. The van der Waals surface area contributed by atoms with Crippen LogP contribution < -0.4 is 20.1 Å². The molecule has 29 heavy (non-hydrogen) atoms. The second-order valence-electron chi connectivity index (χ2n) is 7.69. The van der Waals surface area contributed by atoms with Crippen LogP contribution in [0.15, 0.2) is 29.3 Å². The van der Waals surface area contributed by atoms with E-state index in [9.17, 15) is 4.79 Å². The number of hydrogen-bond acceptors (Lipinski definition) is 4. The van der Waals surface area contributed by atoms with Gasteiger partial charge in [0, 0.05) is 27.2 Å². The van der Waals surface area contributed by atoms with E-state index in [1.165, 1.54) is 0 Å². The minimum Gasteiger partial charge on any atom is -0.497 e. The third kappa shape index (κ3) is 6.84. The van der Waals surface area contributed by atoms with Crippen LogP contribution in [0.5, 0.6) is 11.5 Å². The minimum absolute atomic E-state index is 0.197. The molecular weight excluding hydrogens is 368 g/mol. The first-order valence-electron chi connectivity index (χ1n) is 10.5. The number of hydrogen-bond donors (Lipinski definition) is 2. The summed E-state index contributed by atoms with van der Waals surface area (Å²) in [6.45, 7) is 4.71. The smallest absolute Gasteiger partial charge is 0.230 e. The molecule has 7 nitrogen and oxygen atoms in total. The van der Waals surface area contributed by atoms with Crippen LogP contribution in [0.1, 0.15) is 39.0 Å². The van der Waals surface area contributed by atoms with Crippen LogP contribution in [0.3, 0.4) is 0 Å². The zero-order valence-electron chi connectivity index (χ0n) is 18.3. The van der Waals surface area contributed by atoms with E-state index >= 15 is 0 Å². The monoisotopic (exact) mass is 404 g/mol. The zero-order chi connectivity index (χ0) is 21.1. The van der Waals surface area contributed by atoms with E-state index in [1.54, 1.807) is 12.0 Å². The van der Waals surface area contributed by atoms with Crippen molar-refractivity contribution in [3.63, 3.8) is 0 Å². The first-order valence-corrected chi connectivity index (χ1v) is 10.5. The molecule has 0 aromatic heterocycles. The number of carbonyl (C=O) groups is 1. The van der Waals surface area contributed by atoms with E-state index in [1.807, 2.05) is 45.3 Å². The highest BCUT2D eigenvalue weighted by Gasteiger charge is 2.42. The van der Waals surface area contributed by atoms with Gasteiger partial charge in [-0.1, -0.05) is 12.8 Å². The molecule has 1 aliphatic carbocycles. The van der Waals surface area contributed by atoms with Crippen molar-refractivity contribution < 1.29 is 14.3 Å². The summed E-state index contributed by atoms with van der Waals surface area (Å²) in [5.74, 6) is 2.60. The van der Waals surface area contributed by atoms with Crippen LogP contribution in [0, 0.1) is 5.41 Å². The maximum Gasteiger partial charge on any atom is 0.230 e. The predicted octanol–water partition coefficient (Wildman–Crippen LogP) is 2.67. The molecular formula is C22H36N4O3. The molecule has 1 fully saturated rings. The van der Waals surface area contributed by atoms with E-state index in [0.29, 0.717) is 13.2 Å². The van der Waals surface area contributed by atoms with Gasteiger partial charge in [0.1, 0.15) is 11.5 Å². The Labute approximate surface area is 174 Å². The SMILES string of the molecule is CCNC(=NCC1(C(=O)N(C)C)CCCC1)NCCCOc1ccc(OC)cc1. The summed E-state index contributed by atoms with van der Waals surface area (Å²) in [7, 11) is 5.31. The van der Waals surface area contributed by atoms with Gasteiger partial charge >= 0.3 is 0 Å². The number of rotatable bonds is 10. The van der Waals surface area contributed by atoms with Crippen molar-refractivity contribution in [3.05, 3.63) is 24.3 Å². The Morgan fingerprint density at radius 1 is 1.14 bits per heavy atom. The van der Waals surface area contributed by atoms with Crippen LogP contribution in [-0.2, 0) is 4.79 Å². The Morgan fingerprint density at radius 3 is 2.38 bits per heavy atom. The van der Waals surface area contributed by atoms with Crippen molar-refractivity contribution in [2.75, 3.05) is 47.4 Å². The number of carbonyl (C=O) groups excluding carboxylic acids is 1. The number of nitrogens with zero attached hydrogens (tertiary/aromatic N) is 2. The molecule has 1 saturated carbocycles. The second-order valence-corrected chi connectivity index (χ2v) is 7.69. The summed E-state index contributed by atoms with van der Waals surface area (Å²) < 4.78 is 10.9. The summed E-state index contributed by atoms with van der Waals surface area (Å²) in [6, 6.07) is 7.58. The molecule has 0 atom stereocenters. The van der Waals surface area contributed by atoms with Gasteiger partial charge in [-0.15, -0.1) is 0 Å². The van der Waals surface area contributed by atoms with Gasteiger partial charge < -0.3 is 25.0 Å². The molecule has 1 aromatic carbocycles. The largest absolute Gasteiger partial charge is 0.497 e. The average Bonchev–Trinajstić information content (AvgIpc) is 3.21. The zero-order valence-corrected chi connectivity index (χ0v) is 18.3. The van der Waals surface area contributed by atoms with E-state index in [0.717, 1.165) is 62.7 Å². The molecule has 1 aromatic rings. The van der Waals surface area contributed by atoms with E-state index in [2.05, 4.69) is 10.6 Å². The number of benzene rings is 1. The Morgan fingerprint density at radius 2 is 1.79 bits per heavy atom. The van der Waals surface area contributed by atoms with Crippen molar-refractivity contribution in [1.82, 2.24) is 15.5 Å². The summed E-state index contributed by atoms with van der Waals surface area (Å²) in [6.07, 6.45) is 4.88. The van der Waals surface area contributed by atoms with Crippen LogP contribution >= 0.6 is 0 Å². The quantitative estimate of drug-likeness (QED) is 0.356. The maximum absolute atomic E-state index is 12.7. The van der Waals surface area contributed by atoms with E-state index < -0.39 is 0 Å². The Kier molecular flexibility index (Phi) is 9.09. The lowest BCUT2D eigenvalue weighted by Crippen LogP contribution is -2.43. The maximum atomic E-state index is 12.7. The third-order valence-corrected chi connectivity index (χ3v) is 5.25. The van der Waals surface area contributed by atoms with Gasteiger partial charge in [-0.2, -0.15) is 0 Å². The van der Waals surface area contributed by atoms with Crippen molar-refractivity contribution in [2.24, 2.45) is 10.4 Å². The molecule has 1 amide bonds. The normalized spacial score (nSPS) is 15.7. The number of guanidine groups is 1. The fourth-order valence-corrected chi connectivity index (χ4v) is 3.68. The van der Waals surface area contributed by atoms with Crippen LogP contribution in [0.4, 0.5) is 0 Å². The molecule has 1 aliphatic rings. The standard InChI is InChI=1S/C22H36N4O3/c1-5-23-21(25-17-22(13-6-7-14-22)20(27)26(2)3)24-15-8-16-29-19-11-9-18(28-4)10-12-19/h9-12H,5-8,13-17H2,1-4H3,(H2,23,24,25). The molecule has 0 bridgehead atoms. The Bertz CT molecular complexity index is 653. The summed E-state index contributed by atoms with van der Waals surface area (Å²) in [5, 5.41) is 6.62. The molecule has 0 aliphatic heterocycles. The van der Waals surface area contributed by atoms with E-state index in [-0.39, 0.29) is 11.3 Å². The van der Waals surface area contributed by atoms with Gasteiger partial charge in [0.05, 0.1) is 25.7 Å². The molecule has 0 radical (unpaired) electrons. The lowest BCUT2D eigenvalue weighted by molar-refractivity contribution is -0.138. The van der Waals surface area contributed by atoms with Gasteiger partial charge in [-0.05, 0) is 50.5 Å². The van der Waals surface area contributed by atoms with Crippen LogP contribution in [-0.4, -0.2) is 64.2 Å². The molecule has 162 valence electrons. The average molecular weight is 405 g/mol. The van der Waals surface area contributed by atoms with Crippen molar-refractivity contribution in [1.29, 1.82) is 0 Å². The van der Waals surface area contributed by atoms with Crippen molar-refractivity contribution in [3.8, 4) is 11.5 Å². The number of aliphatic imine (C=N–C) groups is 1. The number of amides is 1. The number of methoxy groups -OCH3 is 1. The van der Waals surface area contributed by atoms with E-state index in [4.69, 9.17) is 14.5 Å². The summed E-state index contributed by atoms with van der Waals surface area (Å²) in [4.78, 5) is 19.1. The first kappa shape index (κ1) is 22.8. The Balaban J connectivity index is 1.81. The molecule has 0 unspecified atom stereocenters. The molecule has 0 heterocycles. The predicted molar refractivity (Wildman–Crippen MR) is 117 cm³/mol. The summed E-state index contributed by atoms with van der Waals surface area (Å²) in [5.41, 5.74) is -0.344. The number of nitrogens with one attached hydrogen (secondary N) is 2. The fraction of sp³-hybridized carbons (Fsp3) is 0.636. The van der Waals surface area contributed by atoms with Gasteiger partial charge in [0.15, 0.2) is 5.96 Å². The van der Waals surface area contributed by atoms with Gasteiger partial charge in [0.25, 0.3) is 0 Å². The van der Waals surface area contributed by atoms with Crippen LogP contribution in [0.25, 0.3) is 0 Å². The molecule has 2 rings (SSSR count). The highest BCUT2D eigenvalue weighted by Crippen LogP contribution is 2.39. The first-order chi connectivity index (χ1) is 14.0. The Hall–Kier alpha value is -2.44. The lowest BCUT2D eigenvalue weighted by atomic mass is 9.85. The second kappa shape index (κ2) is 11.5. The van der Waals surface area contributed by atoms with Crippen LogP contribution in [0.2, 0.25) is 0 Å². The van der Waals surface area contributed by atoms with Crippen molar-refractivity contribution >= 4 is 11.9 Å². The molecule has 0 saturated heterocycles. The molecule has 7 heteroatoms. The van der Waals surface area contributed by atoms with Gasteiger partial charge in [0.2, 0.25) is 5.91 Å². The fourth-order valence-electron chi connectivity index (χ4n) is 3.68. The molecule has 2 N–H and O–H groups in total. The third-order valence-electron chi connectivity index (χ3n) is 5.25. The van der Waals surface area contributed by atoms with Gasteiger partial charge in [-0.25, -0.2) is 0 Å². The topological polar surface area (TPSA) is 75.2 Å². The highest BCUT2D eigenvalue weighted by atomic mass is 16.5. The molecule has 0 spiro atoms. The number of ether oxygens (including phenoxy) is 2.